The number of benzene rings is 1. The summed E-state index contributed by atoms with van der Waals surface area (Å²) in [6.07, 6.45) is 1.34. The van der Waals surface area contributed by atoms with Crippen LogP contribution in [-0.2, 0) is 0 Å². The van der Waals surface area contributed by atoms with Gasteiger partial charge in [0.1, 0.15) is 5.75 Å². The van der Waals surface area contributed by atoms with E-state index in [9.17, 15) is 0 Å². The van der Waals surface area contributed by atoms with Crippen LogP contribution in [0.15, 0.2) is 42.6 Å². The molecule has 0 aliphatic rings. The van der Waals surface area contributed by atoms with Crippen molar-refractivity contribution in [1.82, 2.24) is 4.98 Å². The molecule has 0 atom stereocenters. The number of rotatable bonds is 3. The van der Waals surface area contributed by atoms with Gasteiger partial charge >= 0.3 is 7.12 Å². The third-order valence-corrected chi connectivity index (χ3v) is 2.35. The number of hydrogen-bond acceptors (Lipinski definition) is 4. The predicted octanol–water partition coefficient (Wildman–Crippen LogP) is 1.21. The molecule has 0 fully saturated rings. The molecular weight excluding hydrogens is 240 g/mol. The first kappa shape index (κ1) is 11.9. The molecule has 1 aromatic carbocycles. The molecule has 0 saturated carbocycles. The van der Waals surface area contributed by atoms with Crippen LogP contribution in [-0.4, -0.2) is 22.2 Å². The van der Waals surface area contributed by atoms with Crippen molar-refractivity contribution in [1.29, 1.82) is 0 Å². The Balaban J connectivity index is 2.11. The van der Waals surface area contributed by atoms with E-state index < -0.39 is 7.12 Å². The predicted molar refractivity (Wildman–Crippen MR) is 65.6 cm³/mol. The standard InChI is InChI=1S/C11H9BClNO3/c13-9-2-4-10(5-3-9)17-11-6-1-8(7-14-11)12(15)16/h1-7,15-16H. The summed E-state index contributed by atoms with van der Waals surface area (Å²) in [5, 5.41) is 18.4. The molecule has 1 heterocycles. The quantitative estimate of drug-likeness (QED) is 0.803. The number of hydrogen-bond donors (Lipinski definition) is 2. The number of halogens is 1. The molecule has 6 heteroatoms. The van der Waals surface area contributed by atoms with Crippen molar-refractivity contribution < 1.29 is 14.8 Å². The van der Waals surface area contributed by atoms with Gasteiger partial charge in [-0.3, -0.25) is 0 Å². The van der Waals surface area contributed by atoms with Crippen molar-refractivity contribution in [3.63, 3.8) is 0 Å². The molecule has 0 unspecified atom stereocenters. The third-order valence-electron chi connectivity index (χ3n) is 2.09. The maximum Gasteiger partial charge on any atom is 0.490 e. The smallest absolute Gasteiger partial charge is 0.439 e. The number of pyridine rings is 1. The molecule has 2 N–H and O–H groups in total. The maximum atomic E-state index is 8.89. The van der Waals surface area contributed by atoms with Gasteiger partial charge in [0.15, 0.2) is 0 Å². The van der Waals surface area contributed by atoms with Gasteiger partial charge in [-0.2, -0.15) is 0 Å². The minimum Gasteiger partial charge on any atom is -0.439 e. The maximum absolute atomic E-state index is 8.89. The summed E-state index contributed by atoms with van der Waals surface area (Å²) in [5.74, 6) is 0.982. The highest BCUT2D eigenvalue weighted by Crippen LogP contribution is 2.20. The summed E-state index contributed by atoms with van der Waals surface area (Å²) < 4.78 is 5.44. The fourth-order valence-corrected chi connectivity index (χ4v) is 1.35. The number of nitrogens with zero attached hydrogens (tertiary/aromatic N) is 1. The molecule has 2 rings (SSSR count). The minimum atomic E-state index is -1.52. The lowest BCUT2D eigenvalue weighted by molar-refractivity contribution is 0.425. The van der Waals surface area contributed by atoms with Crippen molar-refractivity contribution in [2.45, 2.75) is 0 Å². The second-order valence-corrected chi connectivity index (χ2v) is 3.80. The molecule has 0 aliphatic heterocycles. The van der Waals surface area contributed by atoms with E-state index in [-0.39, 0.29) is 0 Å². The highest BCUT2D eigenvalue weighted by Gasteiger charge is 2.10. The Morgan fingerprint density at radius 1 is 1.06 bits per heavy atom. The monoisotopic (exact) mass is 249 g/mol. The van der Waals surface area contributed by atoms with Gasteiger partial charge in [0.2, 0.25) is 5.88 Å². The number of ether oxygens (including phenoxy) is 1. The van der Waals surface area contributed by atoms with E-state index in [0.717, 1.165) is 0 Å². The fourth-order valence-electron chi connectivity index (χ4n) is 1.23. The number of aromatic nitrogens is 1. The topological polar surface area (TPSA) is 62.6 Å². The first-order valence-corrected chi connectivity index (χ1v) is 5.28. The van der Waals surface area contributed by atoms with Crippen LogP contribution in [0.1, 0.15) is 0 Å². The third kappa shape index (κ3) is 3.20. The molecule has 0 saturated heterocycles. The van der Waals surface area contributed by atoms with E-state index >= 15 is 0 Å². The van der Waals surface area contributed by atoms with Crippen molar-refractivity contribution in [3.8, 4) is 11.6 Å². The first-order chi connectivity index (χ1) is 8.15. The lowest BCUT2D eigenvalue weighted by Crippen LogP contribution is -2.29. The van der Waals surface area contributed by atoms with Crippen LogP contribution in [0.5, 0.6) is 11.6 Å². The van der Waals surface area contributed by atoms with E-state index in [4.69, 9.17) is 26.4 Å². The Morgan fingerprint density at radius 3 is 2.29 bits per heavy atom. The van der Waals surface area contributed by atoms with Crippen molar-refractivity contribution in [2.75, 3.05) is 0 Å². The average Bonchev–Trinajstić information content (AvgIpc) is 2.33. The van der Waals surface area contributed by atoms with E-state index in [0.29, 0.717) is 22.1 Å². The SMILES string of the molecule is OB(O)c1ccc(Oc2ccc(Cl)cc2)nc1. The largest absolute Gasteiger partial charge is 0.490 e. The molecule has 0 spiro atoms. The van der Waals surface area contributed by atoms with Crippen LogP contribution < -0.4 is 10.2 Å². The van der Waals surface area contributed by atoms with E-state index in [1.54, 1.807) is 30.3 Å². The highest BCUT2D eigenvalue weighted by molar-refractivity contribution is 6.58. The van der Waals surface area contributed by atoms with Gasteiger partial charge in [0, 0.05) is 22.7 Å². The Morgan fingerprint density at radius 2 is 1.76 bits per heavy atom. The molecule has 0 radical (unpaired) electrons. The molecule has 1 aromatic heterocycles. The van der Waals surface area contributed by atoms with Crippen LogP contribution in [0, 0.1) is 0 Å². The summed E-state index contributed by atoms with van der Waals surface area (Å²) in [7, 11) is -1.52. The van der Waals surface area contributed by atoms with Gasteiger partial charge in [0.25, 0.3) is 0 Å². The second kappa shape index (κ2) is 5.18. The minimum absolute atomic E-state index is 0.313. The van der Waals surface area contributed by atoms with Crippen molar-refractivity contribution in [2.24, 2.45) is 0 Å². The Hall–Kier alpha value is -1.56. The normalized spacial score (nSPS) is 10.1. The van der Waals surface area contributed by atoms with Gasteiger partial charge in [-0.05, 0) is 24.3 Å². The van der Waals surface area contributed by atoms with Crippen LogP contribution in [0.4, 0.5) is 0 Å². The Bertz CT molecular complexity index is 487. The first-order valence-electron chi connectivity index (χ1n) is 4.90. The van der Waals surface area contributed by atoms with Gasteiger partial charge in [-0.1, -0.05) is 17.7 Å². The molecule has 86 valence electrons. The molecule has 0 aliphatic carbocycles. The van der Waals surface area contributed by atoms with Crippen LogP contribution >= 0.6 is 11.6 Å². The van der Waals surface area contributed by atoms with Gasteiger partial charge in [0.05, 0.1) is 0 Å². The molecule has 4 nitrogen and oxygen atoms in total. The van der Waals surface area contributed by atoms with Crippen LogP contribution in [0.2, 0.25) is 5.02 Å². The lowest BCUT2D eigenvalue weighted by Gasteiger charge is -2.05. The summed E-state index contributed by atoms with van der Waals surface area (Å²) in [6, 6.07) is 9.95. The molecule has 2 aromatic rings. The van der Waals surface area contributed by atoms with Gasteiger partial charge in [-0.25, -0.2) is 4.98 Å². The van der Waals surface area contributed by atoms with E-state index in [2.05, 4.69) is 4.98 Å². The zero-order valence-electron chi connectivity index (χ0n) is 8.75. The highest BCUT2D eigenvalue weighted by atomic mass is 35.5. The lowest BCUT2D eigenvalue weighted by atomic mass is 9.82. The van der Waals surface area contributed by atoms with Crippen LogP contribution in [0.25, 0.3) is 0 Å². The molecule has 0 amide bonds. The molecule has 0 bridgehead atoms. The van der Waals surface area contributed by atoms with Gasteiger partial charge < -0.3 is 14.8 Å². The Kier molecular flexibility index (Phi) is 3.63. The average molecular weight is 249 g/mol. The fraction of sp³-hybridized carbons (Fsp3) is 0. The summed E-state index contributed by atoms with van der Waals surface area (Å²) in [6.45, 7) is 0. The van der Waals surface area contributed by atoms with Crippen LogP contribution in [0.3, 0.4) is 0 Å². The van der Waals surface area contributed by atoms with Crippen molar-refractivity contribution >= 4 is 24.2 Å². The molecule has 17 heavy (non-hydrogen) atoms. The summed E-state index contributed by atoms with van der Waals surface area (Å²) >= 11 is 5.74. The zero-order valence-corrected chi connectivity index (χ0v) is 9.50. The van der Waals surface area contributed by atoms with E-state index in [1.165, 1.54) is 12.3 Å². The van der Waals surface area contributed by atoms with E-state index in [1.807, 2.05) is 0 Å². The Labute approximate surface area is 104 Å². The second-order valence-electron chi connectivity index (χ2n) is 3.36. The van der Waals surface area contributed by atoms with Gasteiger partial charge in [-0.15, -0.1) is 0 Å². The summed E-state index contributed by atoms with van der Waals surface area (Å²) in [4.78, 5) is 3.94. The summed E-state index contributed by atoms with van der Waals surface area (Å²) in [5.41, 5.74) is 0.313. The molecular formula is C11H9BClNO3. The van der Waals surface area contributed by atoms with Crippen molar-refractivity contribution in [3.05, 3.63) is 47.6 Å². The zero-order chi connectivity index (χ0) is 12.3.